The summed E-state index contributed by atoms with van der Waals surface area (Å²) in [6.45, 7) is 4.68. The first-order chi connectivity index (χ1) is 9.11. The van der Waals surface area contributed by atoms with Gasteiger partial charge in [-0.25, -0.2) is 0 Å². The van der Waals surface area contributed by atoms with Crippen LogP contribution in [0.15, 0.2) is 30.5 Å². The van der Waals surface area contributed by atoms with E-state index in [4.69, 9.17) is 4.74 Å². The molecule has 19 heavy (non-hydrogen) atoms. The smallest absolute Gasteiger partial charge is 0.119 e. The summed E-state index contributed by atoms with van der Waals surface area (Å²) in [6.07, 6.45) is 2.19. The van der Waals surface area contributed by atoms with Crippen molar-refractivity contribution < 1.29 is 9.84 Å². The van der Waals surface area contributed by atoms with Crippen LogP contribution in [-0.4, -0.2) is 21.5 Å². The Balaban J connectivity index is 2.15. The van der Waals surface area contributed by atoms with E-state index in [9.17, 15) is 5.11 Å². The summed E-state index contributed by atoms with van der Waals surface area (Å²) in [6, 6.07) is 7.56. The number of rotatable bonds is 5. The number of aryl methyl sites for hydroxylation is 2. The fourth-order valence-electron chi connectivity index (χ4n) is 2.03. The van der Waals surface area contributed by atoms with Crippen LogP contribution >= 0.6 is 0 Å². The average Bonchev–Trinajstić information content (AvgIpc) is 2.75. The van der Waals surface area contributed by atoms with E-state index in [1.165, 1.54) is 0 Å². The minimum atomic E-state index is -0.645. The lowest BCUT2D eigenvalue weighted by Crippen LogP contribution is -2.01. The molecule has 1 unspecified atom stereocenters. The Kier molecular flexibility index (Phi) is 4.22. The zero-order valence-electron chi connectivity index (χ0n) is 11.6. The number of ether oxygens (including phenoxy) is 1. The van der Waals surface area contributed by atoms with Crippen LogP contribution in [0.1, 0.15) is 36.3 Å². The first-order valence-corrected chi connectivity index (χ1v) is 6.52. The molecule has 0 saturated heterocycles. The highest BCUT2D eigenvalue weighted by Crippen LogP contribution is 2.25. The van der Waals surface area contributed by atoms with Gasteiger partial charge in [-0.15, -0.1) is 0 Å². The summed E-state index contributed by atoms with van der Waals surface area (Å²) < 4.78 is 7.24. The van der Waals surface area contributed by atoms with E-state index < -0.39 is 6.10 Å². The molecule has 1 N–H and O–H groups in total. The Bertz CT molecular complexity index is 532. The lowest BCUT2D eigenvalue weighted by molar-refractivity contribution is 0.219. The van der Waals surface area contributed by atoms with Crippen molar-refractivity contribution in [2.75, 3.05) is 6.61 Å². The summed E-state index contributed by atoms with van der Waals surface area (Å²) in [7, 11) is 1.85. The Labute approximate surface area is 113 Å². The van der Waals surface area contributed by atoms with Crippen molar-refractivity contribution in [1.82, 2.24) is 9.78 Å². The molecular formula is C15H20N2O2. The van der Waals surface area contributed by atoms with Gasteiger partial charge in [-0.1, -0.05) is 19.1 Å². The molecule has 0 aliphatic rings. The second kappa shape index (κ2) is 5.89. The van der Waals surface area contributed by atoms with Crippen molar-refractivity contribution in [1.29, 1.82) is 0 Å². The number of aliphatic hydroxyl groups excluding tert-OH is 1. The molecule has 2 rings (SSSR count). The zero-order valence-corrected chi connectivity index (χ0v) is 11.6. The highest BCUT2D eigenvalue weighted by molar-refractivity contribution is 5.34. The second-order valence-electron chi connectivity index (χ2n) is 4.66. The maximum absolute atomic E-state index is 10.4. The van der Waals surface area contributed by atoms with Crippen LogP contribution in [0.4, 0.5) is 0 Å². The first-order valence-electron chi connectivity index (χ1n) is 6.52. The number of nitrogens with zero attached hydrogens (tertiary/aromatic N) is 2. The van der Waals surface area contributed by atoms with Crippen LogP contribution in [0.3, 0.4) is 0 Å². The Hall–Kier alpha value is -1.81. The largest absolute Gasteiger partial charge is 0.494 e. The van der Waals surface area contributed by atoms with Crippen LogP contribution in [0.2, 0.25) is 0 Å². The Morgan fingerprint density at radius 1 is 1.32 bits per heavy atom. The molecule has 0 saturated carbocycles. The summed E-state index contributed by atoms with van der Waals surface area (Å²) in [4.78, 5) is 0. The van der Waals surface area contributed by atoms with Gasteiger partial charge in [-0.2, -0.15) is 5.10 Å². The average molecular weight is 260 g/mol. The highest BCUT2D eigenvalue weighted by Gasteiger charge is 2.15. The van der Waals surface area contributed by atoms with E-state index in [0.717, 1.165) is 29.0 Å². The highest BCUT2D eigenvalue weighted by atomic mass is 16.5. The van der Waals surface area contributed by atoms with E-state index in [2.05, 4.69) is 12.0 Å². The first kappa shape index (κ1) is 13.6. The maximum atomic E-state index is 10.4. The molecule has 1 atom stereocenters. The second-order valence-corrected chi connectivity index (χ2v) is 4.66. The fraction of sp³-hybridized carbons (Fsp3) is 0.400. The Morgan fingerprint density at radius 3 is 2.53 bits per heavy atom. The van der Waals surface area contributed by atoms with Gasteiger partial charge in [-0.3, -0.25) is 4.68 Å². The van der Waals surface area contributed by atoms with Crippen LogP contribution in [0.25, 0.3) is 0 Å². The quantitative estimate of drug-likeness (QED) is 0.899. The molecule has 1 aromatic carbocycles. The van der Waals surface area contributed by atoms with E-state index >= 15 is 0 Å². The van der Waals surface area contributed by atoms with Crippen molar-refractivity contribution in [3.63, 3.8) is 0 Å². The number of aromatic nitrogens is 2. The van der Waals surface area contributed by atoms with Crippen molar-refractivity contribution in [3.05, 3.63) is 47.3 Å². The third-order valence-electron chi connectivity index (χ3n) is 3.01. The number of hydrogen-bond acceptors (Lipinski definition) is 3. The third-order valence-corrected chi connectivity index (χ3v) is 3.01. The van der Waals surface area contributed by atoms with Gasteiger partial charge in [0, 0.05) is 18.8 Å². The van der Waals surface area contributed by atoms with Crippen LogP contribution in [0.5, 0.6) is 5.75 Å². The molecule has 0 fully saturated rings. The van der Waals surface area contributed by atoms with Crippen molar-refractivity contribution in [2.45, 2.75) is 26.4 Å². The minimum Gasteiger partial charge on any atom is -0.494 e. The van der Waals surface area contributed by atoms with Crippen LogP contribution in [0, 0.1) is 6.92 Å². The predicted molar refractivity (Wildman–Crippen MR) is 74.2 cm³/mol. The number of benzene rings is 1. The van der Waals surface area contributed by atoms with E-state index in [1.807, 2.05) is 44.4 Å². The number of hydrogen-bond donors (Lipinski definition) is 1. The lowest BCUT2D eigenvalue weighted by atomic mass is 10.0. The number of aliphatic hydroxyl groups is 1. The molecule has 0 aliphatic heterocycles. The van der Waals surface area contributed by atoms with Crippen LogP contribution < -0.4 is 4.74 Å². The van der Waals surface area contributed by atoms with Crippen molar-refractivity contribution in [3.8, 4) is 5.75 Å². The zero-order chi connectivity index (χ0) is 13.8. The predicted octanol–water partition coefficient (Wildman–Crippen LogP) is 2.60. The summed E-state index contributed by atoms with van der Waals surface area (Å²) in [5, 5.41) is 14.6. The topological polar surface area (TPSA) is 47.3 Å². The molecule has 0 radical (unpaired) electrons. The molecular weight excluding hydrogens is 240 g/mol. The van der Waals surface area contributed by atoms with Gasteiger partial charge in [0.25, 0.3) is 0 Å². The molecule has 1 heterocycles. The normalized spacial score (nSPS) is 12.4. The van der Waals surface area contributed by atoms with Crippen molar-refractivity contribution >= 4 is 0 Å². The van der Waals surface area contributed by atoms with E-state index in [-0.39, 0.29) is 0 Å². The molecule has 0 bridgehead atoms. The summed E-state index contributed by atoms with van der Waals surface area (Å²) in [5.74, 6) is 0.834. The molecule has 102 valence electrons. The van der Waals surface area contributed by atoms with Gasteiger partial charge in [0.15, 0.2) is 0 Å². The molecule has 4 nitrogen and oxygen atoms in total. The van der Waals surface area contributed by atoms with E-state index in [1.54, 1.807) is 4.68 Å². The van der Waals surface area contributed by atoms with Gasteiger partial charge in [0.05, 0.1) is 12.3 Å². The summed E-state index contributed by atoms with van der Waals surface area (Å²) in [5.41, 5.74) is 2.53. The van der Waals surface area contributed by atoms with Gasteiger partial charge >= 0.3 is 0 Å². The molecule has 1 aromatic heterocycles. The standard InChI is InChI=1S/C15H20N2O2/c1-4-9-19-13-7-5-12(6-8-13)15(18)14-10-17(3)16-11(14)2/h5-8,10,15,18H,4,9H2,1-3H3. The minimum absolute atomic E-state index is 0.645. The van der Waals surface area contributed by atoms with Crippen molar-refractivity contribution in [2.24, 2.45) is 7.05 Å². The molecule has 0 amide bonds. The van der Waals surface area contributed by atoms with E-state index in [0.29, 0.717) is 6.61 Å². The maximum Gasteiger partial charge on any atom is 0.119 e. The molecule has 0 spiro atoms. The van der Waals surface area contributed by atoms with Gasteiger partial charge in [-0.05, 0) is 31.0 Å². The SMILES string of the molecule is CCCOc1ccc(C(O)c2cn(C)nc2C)cc1. The molecule has 2 aromatic rings. The molecule has 0 aliphatic carbocycles. The van der Waals surface area contributed by atoms with Gasteiger partial charge < -0.3 is 9.84 Å². The third kappa shape index (κ3) is 3.15. The fourth-order valence-corrected chi connectivity index (χ4v) is 2.03. The lowest BCUT2D eigenvalue weighted by Gasteiger charge is -2.11. The van der Waals surface area contributed by atoms with Gasteiger partial charge in [0.2, 0.25) is 0 Å². The van der Waals surface area contributed by atoms with Gasteiger partial charge in [0.1, 0.15) is 11.9 Å². The summed E-state index contributed by atoms with van der Waals surface area (Å²) >= 11 is 0. The monoisotopic (exact) mass is 260 g/mol. The molecule has 4 heteroatoms. The van der Waals surface area contributed by atoms with Crippen LogP contribution in [-0.2, 0) is 7.05 Å². The Morgan fingerprint density at radius 2 is 2.00 bits per heavy atom.